The summed E-state index contributed by atoms with van der Waals surface area (Å²) in [7, 11) is 0. The molecule has 0 aliphatic carbocycles. The molecule has 3 heterocycles. The summed E-state index contributed by atoms with van der Waals surface area (Å²) in [6.45, 7) is 2.15. The van der Waals surface area contributed by atoms with E-state index in [0.717, 1.165) is 36.8 Å². The Hall–Kier alpha value is -2.30. The van der Waals surface area contributed by atoms with Crippen LogP contribution in [0.1, 0.15) is 34.5 Å². The summed E-state index contributed by atoms with van der Waals surface area (Å²) >= 11 is 6.06. The third kappa shape index (κ3) is 2.84. The number of nitrogens with one attached hydrogen (secondary N) is 1. The number of likely N-dealkylation sites (tertiary alicyclic amines) is 1. The van der Waals surface area contributed by atoms with Gasteiger partial charge >= 0.3 is 0 Å². The highest BCUT2D eigenvalue weighted by molar-refractivity contribution is 6.31. The summed E-state index contributed by atoms with van der Waals surface area (Å²) in [5.74, 6) is 0.0428. The topological polar surface area (TPSA) is 45.3 Å². The van der Waals surface area contributed by atoms with E-state index in [2.05, 4.69) is 29.2 Å². The van der Waals surface area contributed by atoms with Crippen LogP contribution in [0.25, 0.3) is 10.9 Å². The van der Waals surface area contributed by atoms with Crippen molar-refractivity contribution in [3.63, 3.8) is 0 Å². The van der Waals surface area contributed by atoms with E-state index in [9.17, 15) is 4.79 Å². The third-order valence-corrected chi connectivity index (χ3v) is 6.16. The smallest absolute Gasteiger partial charge is 0.270 e. The van der Waals surface area contributed by atoms with Crippen LogP contribution in [-0.2, 0) is 16.8 Å². The van der Waals surface area contributed by atoms with E-state index in [1.165, 1.54) is 11.1 Å². The molecule has 3 aromatic rings. The van der Waals surface area contributed by atoms with Crippen molar-refractivity contribution in [2.24, 2.45) is 0 Å². The zero-order valence-electron chi connectivity index (χ0n) is 15.0. The first kappa shape index (κ1) is 16.8. The van der Waals surface area contributed by atoms with E-state index < -0.39 is 0 Å². The van der Waals surface area contributed by atoms with E-state index in [1.54, 1.807) is 0 Å². The van der Waals surface area contributed by atoms with Crippen molar-refractivity contribution >= 4 is 28.4 Å². The monoisotopic (exact) mass is 380 g/mol. The van der Waals surface area contributed by atoms with E-state index in [1.807, 2.05) is 29.2 Å². The Morgan fingerprint density at radius 1 is 1.11 bits per heavy atom. The zero-order valence-corrected chi connectivity index (χ0v) is 15.8. The summed E-state index contributed by atoms with van der Waals surface area (Å²) in [5.41, 5.74) is 4.01. The van der Waals surface area contributed by atoms with Gasteiger partial charge in [0.25, 0.3) is 5.91 Å². The van der Waals surface area contributed by atoms with Crippen molar-refractivity contribution in [1.82, 2.24) is 9.88 Å². The number of hydrogen-bond acceptors (Lipinski definition) is 2. The number of piperidine rings is 1. The number of amides is 1. The number of halogens is 1. The summed E-state index contributed by atoms with van der Waals surface area (Å²) in [5, 5.41) is 1.64. The number of carbonyl (C=O) groups is 1. The fourth-order valence-electron chi connectivity index (χ4n) is 4.49. The summed E-state index contributed by atoms with van der Waals surface area (Å²) in [6.07, 6.45) is 2.64. The lowest BCUT2D eigenvalue weighted by molar-refractivity contribution is -0.0935. The van der Waals surface area contributed by atoms with Gasteiger partial charge in [0.2, 0.25) is 0 Å². The number of aromatic nitrogens is 1. The fourth-order valence-corrected chi connectivity index (χ4v) is 4.67. The Balaban J connectivity index is 1.36. The number of ether oxygens (including phenoxy) is 1. The largest absolute Gasteiger partial charge is 0.370 e. The van der Waals surface area contributed by atoms with Crippen molar-refractivity contribution in [1.29, 1.82) is 0 Å². The van der Waals surface area contributed by atoms with Crippen LogP contribution in [0.3, 0.4) is 0 Å². The molecular formula is C22H21ClN2O2. The number of nitrogens with zero attached hydrogens (tertiary/aromatic N) is 1. The predicted octanol–water partition coefficient (Wildman–Crippen LogP) is 4.53. The van der Waals surface area contributed by atoms with Crippen molar-refractivity contribution in [3.8, 4) is 0 Å². The van der Waals surface area contributed by atoms with Gasteiger partial charge in [-0.2, -0.15) is 0 Å². The lowest BCUT2D eigenvalue weighted by atomic mass is 9.79. The standard InChI is InChI=1S/C22H21ClN2O2/c23-17-5-6-19-16(13-17)14-20(24-19)21(26)25-10-8-22(9-11-25)18-4-2-1-3-15(18)7-12-27-22/h1-6,13-14,24H,7-12H2. The van der Waals surface area contributed by atoms with Gasteiger partial charge in [-0.15, -0.1) is 0 Å². The number of fused-ring (bicyclic) bond motifs is 3. The molecule has 27 heavy (non-hydrogen) atoms. The quantitative estimate of drug-likeness (QED) is 0.674. The molecule has 2 aliphatic heterocycles. The van der Waals surface area contributed by atoms with Gasteiger partial charge in [0.05, 0.1) is 12.2 Å². The molecule has 2 aromatic carbocycles. The zero-order chi connectivity index (χ0) is 18.4. The van der Waals surface area contributed by atoms with E-state index in [-0.39, 0.29) is 11.5 Å². The number of carbonyl (C=O) groups excluding carboxylic acids is 1. The highest BCUT2D eigenvalue weighted by Crippen LogP contribution is 2.41. The van der Waals surface area contributed by atoms with Crippen molar-refractivity contribution in [3.05, 3.63) is 70.4 Å². The summed E-state index contributed by atoms with van der Waals surface area (Å²) in [6, 6.07) is 16.1. The maximum atomic E-state index is 13.0. The molecule has 1 amide bonds. The average molecular weight is 381 g/mol. The van der Waals surface area contributed by atoms with Crippen LogP contribution < -0.4 is 0 Å². The third-order valence-electron chi connectivity index (χ3n) is 5.93. The highest BCUT2D eigenvalue weighted by atomic mass is 35.5. The lowest BCUT2D eigenvalue weighted by Crippen LogP contribution is -2.48. The predicted molar refractivity (Wildman–Crippen MR) is 106 cm³/mol. The molecule has 1 fully saturated rings. The van der Waals surface area contributed by atoms with Crippen LogP contribution in [0.4, 0.5) is 0 Å². The second kappa shape index (κ2) is 6.39. The first-order valence-corrected chi connectivity index (χ1v) is 9.82. The van der Waals surface area contributed by atoms with Crippen LogP contribution in [0.15, 0.2) is 48.5 Å². The Bertz CT molecular complexity index is 1020. The first-order chi connectivity index (χ1) is 13.1. The molecular weight excluding hydrogens is 360 g/mol. The fraction of sp³-hybridized carbons (Fsp3) is 0.318. The van der Waals surface area contributed by atoms with Crippen molar-refractivity contribution in [2.75, 3.05) is 19.7 Å². The van der Waals surface area contributed by atoms with Gasteiger partial charge in [-0.1, -0.05) is 35.9 Å². The molecule has 2 aliphatic rings. The minimum absolute atomic E-state index is 0.0428. The van der Waals surface area contributed by atoms with Crippen LogP contribution in [-0.4, -0.2) is 35.5 Å². The van der Waals surface area contributed by atoms with Gasteiger partial charge in [-0.05, 0) is 54.7 Å². The minimum Gasteiger partial charge on any atom is -0.370 e. The number of H-pyrrole nitrogens is 1. The van der Waals surface area contributed by atoms with Gasteiger partial charge in [0.15, 0.2) is 0 Å². The van der Waals surface area contributed by atoms with E-state index in [4.69, 9.17) is 16.3 Å². The number of aromatic amines is 1. The van der Waals surface area contributed by atoms with Crippen LogP contribution in [0.5, 0.6) is 0 Å². The molecule has 1 aromatic heterocycles. The second-order valence-corrected chi connectivity index (χ2v) is 7.89. The van der Waals surface area contributed by atoms with Gasteiger partial charge in [0, 0.05) is 29.0 Å². The molecule has 0 unspecified atom stereocenters. The van der Waals surface area contributed by atoms with Gasteiger partial charge in [-0.3, -0.25) is 4.79 Å². The SMILES string of the molecule is O=C(c1cc2cc(Cl)ccc2[nH]1)N1CCC2(CC1)OCCc1ccccc12. The maximum absolute atomic E-state index is 13.0. The van der Waals surface area contributed by atoms with Crippen LogP contribution in [0.2, 0.25) is 5.02 Å². The molecule has 5 heteroatoms. The molecule has 138 valence electrons. The molecule has 0 atom stereocenters. The van der Waals surface area contributed by atoms with E-state index in [0.29, 0.717) is 23.8 Å². The molecule has 1 spiro atoms. The molecule has 4 nitrogen and oxygen atoms in total. The Morgan fingerprint density at radius 2 is 1.93 bits per heavy atom. The number of rotatable bonds is 1. The van der Waals surface area contributed by atoms with Crippen LogP contribution in [0, 0.1) is 0 Å². The maximum Gasteiger partial charge on any atom is 0.270 e. The van der Waals surface area contributed by atoms with Crippen molar-refractivity contribution < 1.29 is 9.53 Å². The Morgan fingerprint density at radius 3 is 2.78 bits per heavy atom. The molecule has 0 radical (unpaired) electrons. The Kier molecular flexibility index (Phi) is 3.99. The molecule has 1 N–H and O–H groups in total. The molecule has 1 saturated heterocycles. The Labute approximate surface area is 163 Å². The van der Waals surface area contributed by atoms with Gasteiger partial charge in [0.1, 0.15) is 5.69 Å². The second-order valence-electron chi connectivity index (χ2n) is 7.46. The number of hydrogen-bond donors (Lipinski definition) is 1. The summed E-state index contributed by atoms with van der Waals surface area (Å²) < 4.78 is 6.27. The van der Waals surface area contributed by atoms with Gasteiger partial charge in [-0.25, -0.2) is 0 Å². The van der Waals surface area contributed by atoms with Gasteiger partial charge < -0.3 is 14.6 Å². The average Bonchev–Trinajstić information content (AvgIpc) is 3.12. The molecule has 5 rings (SSSR count). The lowest BCUT2D eigenvalue weighted by Gasteiger charge is -2.45. The van der Waals surface area contributed by atoms with E-state index >= 15 is 0 Å². The number of benzene rings is 2. The van der Waals surface area contributed by atoms with Crippen LogP contribution >= 0.6 is 11.6 Å². The first-order valence-electron chi connectivity index (χ1n) is 9.45. The molecule has 0 bridgehead atoms. The normalized spacial score (nSPS) is 18.6. The highest BCUT2D eigenvalue weighted by Gasteiger charge is 2.41. The molecule has 0 saturated carbocycles. The summed E-state index contributed by atoms with van der Waals surface area (Å²) in [4.78, 5) is 18.1. The van der Waals surface area contributed by atoms with Crippen molar-refractivity contribution in [2.45, 2.75) is 24.9 Å². The minimum atomic E-state index is -0.237.